The molecule has 1 aliphatic rings. The van der Waals surface area contributed by atoms with Gasteiger partial charge < -0.3 is 4.74 Å². The molecule has 0 aliphatic heterocycles. The number of allylic oxidation sites excluding steroid dienone is 1. The van der Waals surface area contributed by atoms with E-state index in [2.05, 4.69) is 6.58 Å². The molecule has 1 unspecified atom stereocenters. The van der Waals surface area contributed by atoms with Gasteiger partial charge in [-0.05, 0) is 25.7 Å². The summed E-state index contributed by atoms with van der Waals surface area (Å²) in [5.74, 6) is 0.258. The third-order valence-corrected chi connectivity index (χ3v) is 2.85. The summed E-state index contributed by atoms with van der Waals surface area (Å²) in [7, 11) is 0. The lowest BCUT2D eigenvalue weighted by Crippen LogP contribution is -2.19. The Hall–Kier alpha value is -1.12. The Morgan fingerprint density at radius 1 is 1.50 bits per heavy atom. The van der Waals surface area contributed by atoms with Gasteiger partial charge in [0, 0.05) is 5.92 Å². The summed E-state index contributed by atoms with van der Waals surface area (Å²) in [5, 5.41) is 0. The minimum absolute atomic E-state index is 0.00486. The van der Waals surface area contributed by atoms with Gasteiger partial charge in [-0.3, -0.25) is 9.59 Å². The molecule has 1 atom stereocenters. The summed E-state index contributed by atoms with van der Waals surface area (Å²) in [4.78, 5) is 23.0. The van der Waals surface area contributed by atoms with E-state index in [9.17, 15) is 9.59 Å². The van der Waals surface area contributed by atoms with Gasteiger partial charge in [-0.1, -0.05) is 18.9 Å². The van der Waals surface area contributed by atoms with Crippen LogP contribution in [-0.4, -0.2) is 18.4 Å². The molecule has 1 aliphatic carbocycles. The van der Waals surface area contributed by atoms with Crippen molar-refractivity contribution in [2.45, 2.75) is 39.0 Å². The quantitative estimate of drug-likeness (QED) is 0.361. The minimum atomic E-state index is -0.405. The van der Waals surface area contributed by atoms with Crippen LogP contribution in [-0.2, 0) is 14.3 Å². The molecule has 0 spiro atoms. The fraction of sp³-hybridized carbons (Fsp3) is 0.692. The number of Topliss-reactive ketones (excluding diaryl/α,β-unsaturated/α-hetero) is 1. The molecule has 0 radical (unpaired) electrons. The molecule has 0 aromatic heterocycles. The molecule has 0 aromatic rings. The minimum Gasteiger partial charge on any atom is -0.466 e. The van der Waals surface area contributed by atoms with Crippen LogP contribution < -0.4 is 0 Å². The van der Waals surface area contributed by atoms with E-state index in [4.69, 9.17) is 4.74 Å². The van der Waals surface area contributed by atoms with Crippen molar-refractivity contribution in [1.82, 2.24) is 0 Å². The van der Waals surface area contributed by atoms with E-state index in [1.807, 2.05) is 0 Å². The molecule has 90 valence electrons. The molecule has 0 N–H and O–H groups in total. The largest absolute Gasteiger partial charge is 0.466 e. The molecule has 3 heteroatoms. The van der Waals surface area contributed by atoms with E-state index in [1.165, 1.54) is 12.8 Å². The summed E-state index contributed by atoms with van der Waals surface area (Å²) in [6.45, 7) is 5.74. The van der Waals surface area contributed by atoms with Crippen LogP contribution in [0.15, 0.2) is 12.7 Å². The van der Waals surface area contributed by atoms with Crippen molar-refractivity contribution in [3.63, 3.8) is 0 Å². The Bertz CT molecular complexity index is 266. The highest BCUT2D eigenvalue weighted by Crippen LogP contribution is 2.36. The summed E-state index contributed by atoms with van der Waals surface area (Å²) >= 11 is 0. The van der Waals surface area contributed by atoms with Crippen molar-refractivity contribution in [2.24, 2.45) is 11.8 Å². The van der Waals surface area contributed by atoms with Gasteiger partial charge in [-0.15, -0.1) is 6.58 Å². The Balaban J connectivity index is 2.38. The second-order valence-corrected chi connectivity index (χ2v) is 4.35. The lowest BCUT2D eigenvalue weighted by atomic mass is 9.92. The number of esters is 1. The summed E-state index contributed by atoms with van der Waals surface area (Å²) < 4.78 is 4.78. The molecule has 16 heavy (non-hydrogen) atoms. The molecule has 1 saturated carbocycles. The number of ketones is 1. The maximum absolute atomic E-state index is 11.8. The maximum atomic E-state index is 11.8. The highest BCUT2D eigenvalue weighted by Gasteiger charge is 2.29. The molecule has 3 nitrogen and oxygen atoms in total. The number of ether oxygens (including phenoxy) is 1. The van der Waals surface area contributed by atoms with Gasteiger partial charge in [0.25, 0.3) is 0 Å². The number of hydrogen-bond donors (Lipinski definition) is 0. The van der Waals surface area contributed by atoms with Crippen LogP contribution in [0.1, 0.15) is 39.0 Å². The zero-order valence-corrected chi connectivity index (χ0v) is 9.91. The Morgan fingerprint density at radius 2 is 2.19 bits per heavy atom. The third-order valence-electron chi connectivity index (χ3n) is 2.85. The van der Waals surface area contributed by atoms with Crippen LogP contribution in [0, 0.1) is 11.8 Å². The molecular weight excluding hydrogens is 204 g/mol. The molecule has 1 fully saturated rings. The van der Waals surface area contributed by atoms with E-state index in [1.54, 1.807) is 13.0 Å². The average Bonchev–Trinajstić information content (AvgIpc) is 3.01. The standard InChI is InChI=1S/C13H20O3/c1-3-5-11(8-10-6-7-10)12(14)9-13(15)16-4-2/h3,10-11H,1,4-9H2,2H3. The predicted molar refractivity (Wildman–Crippen MR) is 61.9 cm³/mol. The van der Waals surface area contributed by atoms with Gasteiger partial charge in [-0.2, -0.15) is 0 Å². The van der Waals surface area contributed by atoms with E-state index in [0.29, 0.717) is 18.9 Å². The first-order valence-corrected chi connectivity index (χ1v) is 5.96. The number of carbonyl (C=O) groups excluding carboxylic acids is 2. The molecule has 0 saturated heterocycles. The summed E-state index contributed by atoms with van der Waals surface area (Å²) in [6.07, 6.45) is 5.70. The van der Waals surface area contributed by atoms with Crippen LogP contribution in [0.3, 0.4) is 0 Å². The molecule has 0 amide bonds. The topological polar surface area (TPSA) is 43.4 Å². The zero-order chi connectivity index (χ0) is 12.0. The Morgan fingerprint density at radius 3 is 2.69 bits per heavy atom. The number of rotatable bonds is 8. The molecule has 0 aromatic carbocycles. The first kappa shape index (κ1) is 12.9. The van der Waals surface area contributed by atoms with Crippen molar-refractivity contribution in [1.29, 1.82) is 0 Å². The van der Waals surface area contributed by atoms with Crippen LogP contribution >= 0.6 is 0 Å². The fourth-order valence-corrected chi connectivity index (χ4v) is 1.81. The average molecular weight is 224 g/mol. The molecule has 0 bridgehead atoms. The zero-order valence-electron chi connectivity index (χ0n) is 9.91. The second-order valence-electron chi connectivity index (χ2n) is 4.35. The summed E-state index contributed by atoms with van der Waals surface area (Å²) in [5.41, 5.74) is 0. The van der Waals surface area contributed by atoms with Gasteiger partial charge in [0.15, 0.2) is 0 Å². The van der Waals surface area contributed by atoms with Crippen molar-refractivity contribution < 1.29 is 14.3 Å². The lowest BCUT2D eigenvalue weighted by Gasteiger charge is -2.12. The monoisotopic (exact) mass is 224 g/mol. The van der Waals surface area contributed by atoms with Gasteiger partial charge in [-0.25, -0.2) is 0 Å². The van der Waals surface area contributed by atoms with Gasteiger partial charge in [0.2, 0.25) is 0 Å². The SMILES string of the molecule is C=CCC(CC1CC1)C(=O)CC(=O)OCC. The van der Waals surface area contributed by atoms with Crippen LogP contribution in [0.5, 0.6) is 0 Å². The van der Waals surface area contributed by atoms with E-state index in [-0.39, 0.29) is 18.1 Å². The molecule has 1 rings (SSSR count). The first-order chi connectivity index (χ1) is 7.67. The second kappa shape index (κ2) is 6.46. The third kappa shape index (κ3) is 4.60. The number of carbonyl (C=O) groups is 2. The Labute approximate surface area is 96.9 Å². The highest BCUT2D eigenvalue weighted by molar-refractivity contribution is 5.96. The lowest BCUT2D eigenvalue weighted by molar-refractivity contribution is -0.146. The van der Waals surface area contributed by atoms with Crippen molar-refractivity contribution in [2.75, 3.05) is 6.61 Å². The van der Waals surface area contributed by atoms with Gasteiger partial charge >= 0.3 is 5.97 Å². The van der Waals surface area contributed by atoms with E-state index >= 15 is 0 Å². The summed E-state index contributed by atoms with van der Waals surface area (Å²) in [6, 6.07) is 0. The normalized spacial score (nSPS) is 16.6. The van der Waals surface area contributed by atoms with Crippen molar-refractivity contribution in [3.05, 3.63) is 12.7 Å². The maximum Gasteiger partial charge on any atom is 0.313 e. The van der Waals surface area contributed by atoms with Crippen LogP contribution in [0.25, 0.3) is 0 Å². The van der Waals surface area contributed by atoms with Crippen molar-refractivity contribution in [3.8, 4) is 0 Å². The van der Waals surface area contributed by atoms with Crippen LogP contribution in [0.2, 0.25) is 0 Å². The molecular formula is C13H20O3. The Kier molecular flexibility index (Phi) is 5.23. The van der Waals surface area contributed by atoms with Gasteiger partial charge in [0.1, 0.15) is 12.2 Å². The van der Waals surface area contributed by atoms with E-state index in [0.717, 1.165) is 6.42 Å². The first-order valence-electron chi connectivity index (χ1n) is 5.96. The number of hydrogen-bond acceptors (Lipinski definition) is 3. The van der Waals surface area contributed by atoms with E-state index < -0.39 is 5.97 Å². The highest BCUT2D eigenvalue weighted by atomic mass is 16.5. The van der Waals surface area contributed by atoms with Gasteiger partial charge in [0.05, 0.1) is 6.61 Å². The predicted octanol–water partition coefficient (Wildman–Crippen LogP) is 2.50. The molecule has 0 heterocycles. The van der Waals surface area contributed by atoms with Crippen LogP contribution in [0.4, 0.5) is 0 Å². The van der Waals surface area contributed by atoms with Crippen molar-refractivity contribution >= 4 is 11.8 Å². The fourth-order valence-electron chi connectivity index (χ4n) is 1.81. The smallest absolute Gasteiger partial charge is 0.313 e.